The van der Waals surface area contributed by atoms with Gasteiger partial charge in [0.1, 0.15) is 0 Å². The first-order valence-electron chi connectivity index (χ1n) is 10.4. The van der Waals surface area contributed by atoms with Crippen LogP contribution in [-0.2, 0) is 6.54 Å². The highest BCUT2D eigenvalue weighted by atomic mass is 16.1. The highest BCUT2D eigenvalue weighted by Gasteiger charge is 2.18. The van der Waals surface area contributed by atoms with E-state index in [-0.39, 0.29) is 11.9 Å². The predicted octanol–water partition coefficient (Wildman–Crippen LogP) is 5.11. The van der Waals surface area contributed by atoms with Gasteiger partial charge in [0.25, 0.3) is 5.91 Å². The van der Waals surface area contributed by atoms with E-state index in [1.165, 1.54) is 37.1 Å². The van der Waals surface area contributed by atoms with Gasteiger partial charge in [-0.05, 0) is 61.7 Å². The third-order valence-corrected chi connectivity index (χ3v) is 5.64. The summed E-state index contributed by atoms with van der Waals surface area (Å²) in [6.45, 7) is 5.40. The molecule has 3 aromatic carbocycles. The Balaban J connectivity index is 1.51. The summed E-state index contributed by atoms with van der Waals surface area (Å²) in [5, 5.41) is 3.23. The average molecular weight is 385 g/mol. The Morgan fingerprint density at radius 3 is 2.14 bits per heavy atom. The molecule has 3 nitrogen and oxygen atoms in total. The van der Waals surface area contributed by atoms with E-state index in [9.17, 15) is 4.79 Å². The van der Waals surface area contributed by atoms with Crippen molar-refractivity contribution in [3.8, 4) is 0 Å². The molecule has 0 radical (unpaired) electrons. The number of nitrogens with zero attached hydrogens (tertiary/aromatic N) is 1. The summed E-state index contributed by atoms with van der Waals surface area (Å²) in [6.07, 6.45) is 2.58. The SMILES string of the molecule is Cc1ccc([C@H](NC(=O)c2ccc(CN3CCCC3)cc2)c2ccccc2)cc1. The lowest BCUT2D eigenvalue weighted by molar-refractivity contribution is 0.0943. The molecule has 1 fully saturated rings. The molecule has 0 unspecified atom stereocenters. The van der Waals surface area contributed by atoms with Crippen LogP contribution in [0.2, 0.25) is 0 Å². The number of aryl methyl sites for hydroxylation is 1. The summed E-state index contributed by atoms with van der Waals surface area (Å²) < 4.78 is 0. The second-order valence-corrected chi connectivity index (χ2v) is 7.91. The zero-order valence-electron chi connectivity index (χ0n) is 17.0. The summed E-state index contributed by atoms with van der Waals surface area (Å²) >= 11 is 0. The maximum absolute atomic E-state index is 13.0. The van der Waals surface area contributed by atoms with Gasteiger partial charge >= 0.3 is 0 Å². The van der Waals surface area contributed by atoms with Gasteiger partial charge in [0, 0.05) is 12.1 Å². The first kappa shape index (κ1) is 19.4. The Labute approximate surface area is 173 Å². The molecule has 1 aliphatic heterocycles. The van der Waals surface area contributed by atoms with Crippen LogP contribution >= 0.6 is 0 Å². The van der Waals surface area contributed by atoms with E-state index in [2.05, 4.69) is 65.7 Å². The van der Waals surface area contributed by atoms with E-state index in [1.807, 2.05) is 30.3 Å². The number of hydrogen-bond donors (Lipinski definition) is 1. The zero-order chi connectivity index (χ0) is 20.1. The summed E-state index contributed by atoms with van der Waals surface area (Å²) in [5.41, 5.74) is 5.33. The molecule has 0 aromatic heterocycles. The van der Waals surface area contributed by atoms with Crippen molar-refractivity contribution in [2.24, 2.45) is 0 Å². The molecule has 0 aliphatic carbocycles. The minimum atomic E-state index is -0.173. The number of carbonyl (C=O) groups is 1. The lowest BCUT2D eigenvalue weighted by Gasteiger charge is -2.20. The van der Waals surface area contributed by atoms with Crippen molar-refractivity contribution in [1.82, 2.24) is 10.2 Å². The number of likely N-dealkylation sites (tertiary alicyclic amines) is 1. The first-order valence-corrected chi connectivity index (χ1v) is 10.4. The minimum Gasteiger partial charge on any atom is -0.341 e. The highest BCUT2D eigenvalue weighted by Crippen LogP contribution is 2.23. The van der Waals surface area contributed by atoms with Crippen molar-refractivity contribution in [2.75, 3.05) is 13.1 Å². The molecular formula is C26H28N2O. The Morgan fingerprint density at radius 1 is 0.862 bits per heavy atom. The molecule has 1 N–H and O–H groups in total. The molecule has 1 aliphatic rings. The van der Waals surface area contributed by atoms with E-state index in [0.29, 0.717) is 5.56 Å². The first-order chi connectivity index (χ1) is 14.2. The van der Waals surface area contributed by atoms with Crippen LogP contribution in [0, 0.1) is 6.92 Å². The molecule has 29 heavy (non-hydrogen) atoms. The van der Waals surface area contributed by atoms with E-state index >= 15 is 0 Å². The van der Waals surface area contributed by atoms with Crippen LogP contribution in [-0.4, -0.2) is 23.9 Å². The Bertz CT molecular complexity index is 927. The maximum Gasteiger partial charge on any atom is 0.252 e. The molecule has 0 saturated carbocycles. The van der Waals surface area contributed by atoms with Crippen LogP contribution in [0.3, 0.4) is 0 Å². The van der Waals surface area contributed by atoms with Crippen molar-refractivity contribution < 1.29 is 4.79 Å². The lowest BCUT2D eigenvalue weighted by atomic mass is 9.97. The van der Waals surface area contributed by atoms with Gasteiger partial charge in [0.2, 0.25) is 0 Å². The molecule has 1 heterocycles. The van der Waals surface area contributed by atoms with Crippen molar-refractivity contribution >= 4 is 5.91 Å². The molecular weight excluding hydrogens is 356 g/mol. The van der Waals surface area contributed by atoms with Crippen molar-refractivity contribution in [1.29, 1.82) is 0 Å². The Kier molecular flexibility index (Phi) is 6.06. The Hall–Kier alpha value is -2.91. The normalized spacial score (nSPS) is 15.2. The van der Waals surface area contributed by atoms with E-state index in [4.69, 9.17) is 0 Å². The monoisotopic (exact) mass is 384 g/mol. The topological polar surface area (TPSA) is 32.3 Å². The van der Waals surface area contributed by atoms with Gasteiger partial charge in [0.05, 0.1) is 6.04 Å². The molecule has 148 valence electrons. The van der Waals surface area contributed by atoms with Crippen LogP contribution in [0.15, 0.2) is 78.9 Å². The molecule has 1 saturated heterocycles. The molecule has 1 atom stereocenters. The number of nitrogens with one attached hydrogen (secondary N) is 1. The smallest absolute Gasteiger partial charge is 0.252 e. The number of amides is 1. The maximum atomic E-state index is 13.0. The molecule has 0 bridgehead atoms. The van der Waals surface area contributed by atoms with Crippen LogP contribution < -0.4 is 5.32 Å². The van der Waals surface area contributed by atoms with Gasteiger partial charge in [-0.2, -0.15) is 0 Å². The van der Waals surface area contributed by atoms with Gasteiger partial charge in [-0.15, -0.1) is 0 Å². The van der Waals surface area contributed by atoms with E-state index in [1.54, 1.807) is 0 Å². The van der Waals surface area contributed by atoms with Gasteiger partial charge in [-0.1, -0.05) is 72.3 Å². The van der Waals surface area contributed by atoms with Gasteiger partial charge in [0.15, 0.2) is 0 Å². The largest absolute Gasteiger partial charge is 0.341 e. The fraction of sp³-hybridized carbons (Fsp3) is 0.269. The molecule has 3 aromatic rings. The third kappa shape index (κ3) is 4.93. The quantitative estimate of drug-likeness (QED) is 0.640. The van der Waals surface area contributed by atoms with Crippen LogP contribution in [0.4, 0.5) is 0 Å². The summed E-state index contributed by atoms with van der Waals surface area (Å²) in [6, 6.07) is 26.4. The van der Waals surface area contributed by atoms with Crippen LogP contribution in [0.5, 0.6) is 0 Å². The second-order valence-electron chi connectivity index (χ2n) is 7.91. The summed E-state index contributed by atoms with van der Waals surface area (Å²) in [4.78, 5) is 15.5. The summed E-state index contributed by atoms with van der Waals surface area (Å²) in [5.74, 6) is -0.0489. The molecule has 3 heteroatoms. The third-order valence-electron chi connectivity index (χ3n) is 5.64. The van der Waals surface area contributed by atoms with Gasteiger partial charge < -0.3 is 5.32 Å². The van der Waals surface area contributed by atoms with Gasteiger partial charge in [-0.25, -0.2) is 0 Å². The number of benzene rings is 3. The fourth-order valence-electron chi connectivity index (χ4n) is 3.94. The van der Waals surface area contributed by atoms with E-state index < -0.39 is 0 Å². The highest BCUT2D eigenvalue weighted by molar-refractivity contribution is 5.94. The van der Waals surface area contributed by atoms with Crippen molar-refractivity contribution in [2.45, 2.75) is 32.4 Å². The predicted molar refractivity (Wildman–Crippen MR) is 118 cm³/mol. The minimum absolute atomic E-state index is 0.0489. The fourth-order valence-corrected chi connectivity index (χ4v) is 3.94. The number of hydrogen-bond acceptors (Lipinski definition) is 2. The Morgan fingerprint density at radius 2 is 1.48 bits per heavy atom. The lowest BCUT2D eigenvalue weighted by Crippen LogP contribution is -2.29. The van der Waals surface area contributed by atoms with Crippen molar-refractivity contribution in [3.05, 3.63) is 107 Å². The van der Waals surface area contributed by atoms with Crippen molar-refractivity contribution in [3.63, 3.8) is 0 Å². The molecule has 0 spiro atoms. The summed E-state index contributed by atoms with van der Waals surface area (Å²) in [7, 11) is 0. The van der Waals surface area contributed by atoms with Crippen LogP contribution in [0.25, 0.3) is 0 Å². The second kappa shape index (κ2) is 9.06. The zero-order valence-corrected chi connectivity index (χ0v) is 17.0. The van der Waals surface area contributed by atoms with Crippen LogP contribution in [0.1, 0.15) is 51.5 Å². The standard InChI is InChI=1S/C26H28N2O/c1-20-9-13-23(14-10-20)25(22-7-3-2-4-8-22)27-26(29)24-15-11-21(12-16-24)19-28-17-5-6-18-28/h2-4,7-16,25H,5-6,17-19H2,1H3,(H,27,29)/t25-/m1/s1. The molecule has 4 rings (SSSR count). The average Bonchev–Trinajstić information content (AvgIpc) is 3.27. The van der Waals surface area contributed by atoms with Gasteiger partial charge in [-0.3, -0.25) is 9.69 Å². The number of rotatable bonds is 6. The van der Waals surface area contributed by atoms with E-state index in [0.717, 1.165) is 17.7 Å². The molecule has 1 amide bonds. The number of carbonyl (C=O) groups excluding carboxylic acids is 1.